The summed E-state index contributed by atoms with van der Waals surface area (Å²) < 4.78 is 37.2. The quantitative estimate of drug-likeness (QED) is 0.247. The molecular formula is C29H43F3. The molecule has 2 aliphatic rings. The van der Waals surface area contributed by atoms with E-state index in [0.717, 1.165) is 31.6 Å². The van der Waals surface area contributed by atoms with E-state index in [9.17, 15) is 13.2 Å². The summed E-state index contributed by atoms with van der Waals surface area (Å²) in [4.78, 5) is 0. The van der Waals surface area contributed by atoms with E-state index in [2.05, 4.69) is 31.2 Å². The number of hydrogen-bond acceptors (Lipinski definition) is 0. The normalized spacial score (nSPS) is 27.1. The van der Waals surface area contributed by atoms with Crippen LogP contribution < -0.4 is 0 Å². The Bertz CT molecular complexity index is 657. The summed E-state index contributed by atoms with van der Waals surface area (Å²) in [5, 5.41) is 0. The van der Waals surface area contributed by atoms with Crippen molar-refractivity contribution in [3.63, 3.8) is 0 Å². The summed E-state index contributed by atoms with van der Waals surface area (Å²) in [6.45, 7) is 2.28. The lowest BCUT2D eigenvalue weighted by molar-refractivity contribution is -0.0803. The molecule has 0 nitrogen and oxygen atoms in total. The van der Waals surface area contributed by atoms with Crippen LogP contribution in [-0.2, 0) is 0 Å². The molecule has 180 valence electrons. The van der Waals surface area contributed by atoms with Crippen LogP contribution in [0.4, 0.5) is 13.2 Å². The fourth-order valence-corrected chi connectivity index (χ4v) is 5.93. The second-order valence-electron chi connectivity index (χ2n) is 10.5. The molecule has 0 N–H and O–H groups in total. The zero-order chi connectivity index (χ0) is 22.8. The molecule has 0 unspecified atom stereocenters. The van der Waals surface area contributed by atoms with Crippen molar-refractivity contribution in [1.29, 1.82) is 0 Å². The first-order chi connectivity index (χ1) is 15.4. The van der Waals surface area contributed by atoms with E-state index in [0.29, 0.717) is 17.9 Å². The molecule has 0 amide bonds. The standard InChI is InChI=1S/C29H43F3/c1-2-3-4-5-6-7-8-23-9-13-25(14-10-23)27-17-19-28(20-18-27)26-15-11-24(12-16-26)21-22-29(30,31)32/h17-26H,2-16H2,1H3/b22-21+/t23-,24-,25-,26-. The summed E-state index contributed by atoms with van der Waals surface area (Å²) >= 11 is 0. The number of hydrogen-bond donors (Lipinski definition) is 0. The van der Waals surface area contributed by atoms with E-state index in [1.165, 1.54) is 87.8 Å². The van der Waals surface area contributed by atoms with Gasteiger partial charge in [-0.3, -0.25) is 0 Å². The maximum atomic E-state index is 12.4. The predicted molar refractivity (Wildman–Crippen MR) is 129 cm³/mol. The monoisotopic (exact) mass is 448 g/mol. The van der Waals surface area contributed by atoms with Crippen molar-refractivity contribution in [3.05, 3.63) is 47.5 Å². The van der Waals surface area contributed by atoms with E-state index in [1.54, 1.807) is 0 Å². The number of unbranched alkanes of at least 4 members (excludes halogenated alkanes) is 5. The maximum absolute atomic E-state index is 12.4. The highest BCUT2D eigenvalue weighted by atomic mass is 19.4. The molecule has 0 bridgehead atoms. The zero-order valence-electron chi connectivity index (χ0n) is 20.0. The minimum absolute atomic E-state index is 0.0821. The Morgan fingerprint density at radius 3 is 1.75 bits per heavy atom. The summed E-state index contributed by atoms with van der Waals surface area (Å²) in [6, 6.07) is 9.27. The van der Waals surface area contributed by atoms with Gasteiger partial charge in [-0.1, -0.05) is 82.2 Å². The van der Waals surface area contributed by atoms with E-state index in [1.807, 2.05) is 0 Å². The highest BCUT2D eigenvalue weighted by Crippen LogP contribution is 2.40. The third-order valence-corrected chi connectivity index (χ3v) is 8.02. The second kappa shape index (κ2) is 12.8. The van der Waals surface area contributed by atoms with Crippen molar-refractivity contribution in [3.8, 4) is 0 Å². The largest absolute Gasteiger partial charge is 0.409 e. The Morgan fingerprint density at radius 2 is 1.22 bits per heavy atom. The molecule has 1 aromatic carbocycles. The molecule has 0 aromatic heterocycles. The average molecular weight is 449 g/mol. The lowest BCUT2D eigenvalue weighted by Crippen LogP contribution is -2.14. The Hall–Kier alpha value is -1.25. The molecule has 1 aromatic rings. The van der Waals surface area contributed by atoms with Crippen LogP contribution in [0, 0.1) is 11.8 Å². The molecule has 0 atom stereocenters. The third kappa shape index (κ3) is 8.60. The van der Waals surface area contributed by atoms with Gasteiger partial charge in [0, 0.05) is 6.08 Å². The smallest absolute Gasteiger partial charge is 0.167 e. The molecule has 0 saturated heterocycles. The molecule has 0 radical (unpaired) electrons. The molecule has 2 aliphatic carbocycles. The van der Waals surface area contributed by atoms with Crippen LogP contribution in [0.2, 0.25) is 0 Å². The lowest BCUT2D eigenvalue weighted by Gasteiger charge is -2.30. The minimum atomic E-state index is -4.18. The molecule has 3 heteroatoms. The van der Waals surface area contributed by atoms with Crippen LogP contribution in [-0.4, -0.2) is 6.18 Å². The van der Waals surface area contributed by atoms with E-state index < -0.39 is 6.18 Å². The Labute approximate surface area is 194 Å². The van der Waals surface area contributed by atoms with E-state index >= 15 is 0 Å². The van der Waals surface area contributed by atoms with Crippen molar-refractivity contribution in [2.24, 2.45) is 11.8 Å². The van der Waals surface area contributed by atoms with Gasteiger partial charge in [0.05, 0.1) is 0 Å². The SMILES string of the molecule is CCCCCCCC[C@H]1CC[C@H](c2ccc([C@H]3CC[C@H](/C=C/C(F)(F)F)CC3)cc2)CC1. The number of alkyl halides is 3. The summed E-state index contributed by atoms with van der Waals surface area (Å²) in [5.41, 5.74) is 2.87. The van der Waals surface area contributed by atoms with Crippen LogP contribution in [0.15, 0.2) is 36.4 Å². The Morgan fingerprint density at radius 1 is 0.719 bits per heavy atom. The van der Waals surface area contributed by atoms with Gasteiger partial charge in [0.1, 0.15) is 0 Å². The van der Waals surface area contributed by atoms with Gasteiger partial charge in [-0.2, -0.15) is 13.2 Å². The molecular weight excluding hydrogens is 405 g/mol. The van der Waals surface area contributed by atoms with Crippen LogP contribution >= 0.6 is 0 Å². The lowest BCUT2D eigenvalue weighted by atomic mass is 9.75. The molecule has 2 fully saturated rings. The van der Waals surface area contributed by atoms with Gasteiger partial charge in [-0.05, 0) is 86.2 Å². The fourth-order valence-electron chi connectivity index (χ4n) is 5.93. The van der Waals surface area contributed by atoms with E-state index in [4.69, 9.17) is 0 Å². The van der Waals surface area contributed by atoms with Gasteiger partial charge in [0.15, 0.2) is 0 Å². The number of rotatable bonds is 10. The molecule has 0 aliphatic heterocycles. The molecule has 0 spiro atoms. The first kappa shape index (κ1) is 25.4. The summed E-state index contributed by atoms with van der Waals surface area (Å²) in [6.07, 6.45) is 16.6. The molecule has 2 saturated carbocycles. The van der Waals surface area contributed by atoms with Gasteiger partial charge in [-0.25, -0.2) is 0 Å². The summed E-state index contributed by atoms with van der Waals surface area (Å²) in [7, 11) is 0. The van der Waals surface area contributed by atoms with Crippen LogP contribution in [0.1, 0.15) is 126 Å². The topological polar surface area (TPSA) is 0 Å². The molecule has 0 heterocycles. The second-order valence-corrected chi connectivity index (χ2v) is 10.5. The predicted octanol–water partition coefficient (Wildman–Crippen LogP) is 10.1. The van der Waals surface area contributed by atoms with Crippen LogP contribution in [0.5, 0.6) is 0 Å². The van der Waals surface area contributed by atoms with Crippen LogP contribution in [0.3, 0.4) is 0 Å². The molecule has 32 heavy (non-hydrogen) atoms. The Balaban J connectivity index is 1.37. The van der Waals surface area contributed by atoms with Gasteiger partial charge in [0.25, 0.3) is 0 Å². The van der Waals surface area contributed by atoms with Crippen molar-refractivity contribution < 1.29 is 13.2 Å². The minimum Gasteiger partial charge on any atom is -0.167 e. The van der Waals surface area contributed by atoms with Gasteiger partial charge in [-0.15, -0.1) is 0 Å². The number of benzene rings is 1. The average Bonchev–Trinajstić information content (AvgIpc) is 2.80. The molecule has 3 rings (SSSR count). The summed E-state index contributed by atoms with van der Waals surface area (Å²) in [5.74, 6) is 2.25. The van der Waals surface area contributed by atoms with Gasteiger partial charge >= 0.3 is 6.18 Å². The third-order valence-electron chi connectivity index (χ3n) is 8.02. The van der Waals surface area contributed by atoms with Crippen molar-refractivity contribution in [2.75, 3.05) is 0 Å². The highest BCUT2D eigenvalue weighted by Gasteiger charge is 2.26. The van der Waals surface area contributed by atoms with Crippen molar-refractivity contribution in [1.82, 2.24) is 0 Å². The van der Waals surface area contributed by atoms with Crippen LogP contribution in [0.25, 0.3) is 0 Å². The fraction of sp³-hybridized carbons (Fsp3) is 0.724. The number of allylic oxidation sites excluding steroid dienone is 2. The number of halogens is 3. The first-order valence-corrected chi connectivity index (χ1v) is 13.3. The Kier molecular flexibility index (Phi) is 10.2. The van der Waals surface area contributed by atoms with Gasteiger partial charge < -0.3 is 0 Å². The van der Waals surface area contributed by atoms with Crippen molar-refractivity contribution in [2.45, 2.75) is 121 Å². The zero-order valence-corrected chi connectivity index (χ0v) is 20.0. The van der Waals surface area contributed by atoms with Gasteiger partial charge in [0.2, 0.25) is 0 Å². The highest BCUT2D eigenvalue weighted by molar-refractivity contribution is 5.28. The van der Waals surface area contributed by atoms with E-state index in [-0.39, 0.29) is 5.92 Å². The van der Waals surface area contributed by atoms with Crippen molar-refractivity contribution >= 4 is 0 Å². The first-order valence-electron chi connectivity index (χ1n) is 13.3. The maximum Gasteiger partial charge on any atom is 0.409 e.